The Bertz CT molecular complexity index is 989. The second-order valence-electron chi connectivity index (χ2n) is 8.97. The Morgan fingerprint density at radius 2 is 1.28 bits per heavy atom. The van der Waals surface area contributed by atoms with Gasteiger partial charge in [0.15, 0.2) is 0 Å². The Kier molecular flexibility index (Phi) is 7.35. The van der Waals surface area contributed by atoms with E-state index in [0.717, 1.165) is 45.0 Å². The molecular weight excluding hydrogens is 394 g/mol. The summed E-state index contributed by atoms with van der Waals surface area (Å²) in [6.45, 7) is 10.6. The molecule has 3 aromatic rings. The molecule has 1 fully saturated rings. The number of piperazine rings is 1. The maximum absolute atomic E-state index is 12.6. The summed E-state index contributed by atoms with van der Waals surface area (Å²) in [5, 5.41) is 3.00. The summed E-state index contributed by atoms with van der Waals surface area (Å²) in [4.78, 5) is 17.6. The lowest BCUT2D eigenvalue weighted by atomic mass is 10.0. The van der Waals surface area contributed by atoms with Crippen LogP contribution in [0.4, 0.5) is 5.69 Å². The fourth-order valence-electron chi connectivity index (χ4n) is 4.12. The van der Waals surface area contributed by atoms with E-state index in [9.17, 15) is 4.79 Å². The standard InChI is InChI=1S/C28H33N3O/c1-22(2)25-12-14-27(15-13-25)29-28(32)26-10-8-24(9-11-26)21-31-18-16-30(17-19-31)20-23-6-4-3-5-7-23/h3-15,22H,16-21H2,1-2H3,(H,29,32). The van der Waals surface area contributed by atoms with Crippen LogP contribution < -0.4 is 5.32 Å². The lowest BCUT2D eigenvalue weighted by Crippen LogP contribution is -2.45. The first-order valence-corrected chi connectivity index (χ1v) is 11.6. The Labute approximate surface area is 191 Å². The monoisotopic (exact) mass is 427 g/mol. The molecule has 4 nitrogen and oxygen atoms in total. The van der Waals surface area contributed by atoms with Crippen LogP contribution in [-0.2, 0) is 13.1 Å². The van der Waals surface area contributed by atoms with Gasteiger partial charge in [0, 0.05) is 50.5 Å². The Balaban J connectivity index is 1.25. The Morgan fingerprint density at radius 3 is 1.81 bits per heavy atom. The van der Waals surface area contributed by atoms with Gasteiger partial charge in [0.2, 0.25) is 0 Å². The topological polar surface area (TPSA) is 35.6 Å². The number of hydrogen-bond donors (Lipinski definition) is 1. The molecule has 0 aliphatic carbocycles. The quantitative estimate of drug-likeness (QED) is 0.550. The van der Waals surface area contributed by atoms with Crippen LogP contribution >= 0.6 is 0 Å². The molecule has 1 N–H and O–H groups in total. The third-order valence-corrected chi connectivity index (χ3v) is 6.17. The van der Waals surface area contributed by atoms with Gasteiger partial charge in [0.1, 0.15) is 0 Å². The molecule has 1 aliphatic heterocycles. The van der Waals surface area contributed by atoms with Crippen LogP contribution in [0.1, 0.15) is 46.8 Å². The molecule has 1 heterocycles. The van der Waals surface area contributed by atoms with Crippen molar-refractivity contribution in [1.29, 1.82) is 0 Å². The molecule has 1 amide bonds. The average Bonchev–Trinajstić information content (AvgIpc) is 2.82. The number of amides is 1. The molecule has 0 unspecified atom stereocenters. The maximum Gasteiger partial charge on any atom is 0.255 e. The number of anilines is 1. The van der Waals surface area contributed by atoms with Crippen LogP contribution in [0.25, 0.3) is 0 Å². The fourth-order valence-corrected chi connectivity index (χ4v) is 4.12. The minimum Gasteiger partial charge on any atom is -0.322 e. The number of benzene rings is 3. The molecule has 166 valence electrons. The van der Waals surface area contributed by atoms with E-state index in [4.69, 9.17) is 0 Å². The van der Waals surface area contributed by atoms with Gasteiger partial charge in [0.25, 0.3) is 5.91 Å². The maximum atomic E-state index is 12.6. The molecule has 0 atom stereocenters. The minimum atomic E-state index is -0.0663. The van der Waals surface area contributed by atoms with Crippen molar-refractivity contribution in [2.24, 2.45) is 0 Å². The predicted octanol–water partition coefficient (Wildman–Crippen LogP) is 5.38. The average molecular weight is 428 g/mol. The summed E-state index contributed by atoms with van der Waals surface area (Å²) in [6, 6.07) is 26.8. The Hall–Kier alpha value is -2.95. The van der Waals surface area contributed by atoms with Crippen molar-refractivity contribution < 1.29 is 4.79 Å². The zero-order chi connectivity index (χ0) is 22.3. The highest BCUT2D eigenvalue weighted by Crippen LogP contribution is 2.18. The van der Waals surface area contributed by atoms with Crippen LogP contribution in [0.15, 0.2) is 78.9 Å². The van der Waals surface area contributed by atoms with E-state index in [1.54, 1.807) is 0 Å². The van der Waals surface area contributed by atoms with Crippen molar-refractivity contribution in [3.8, 4) is 0 Å². The molecule has 3 aromatic carbocycles. The first kappa shape index (κ1) is 22.3. The molecule has 0 saturated carbocycles. The van der Waals surface area contributed by atoms with Gasteiger partial charge in [-0.05, 0) is 46.9 Å². The number of nitrogens with one attached hydrogen (secondary N) is 1. The zero-order valence-corrected chi connectivity index (χ0v) is 19.1. The highest BCUT2D eigenvalue weighted by Gasteiger charge is 2.17. The van der Waals surface area contributed by atoms with Gasteiger partial charge in [-0.2, -0.15) is 0 Å². The van der Waals surface area contributed by atoms with Crippen LogP contribution in [0.3, 0.4) is 0 Å². The third-order valence-electron chi connectivity index (χ3n) is 6.17. The molecule has 4 heteroatoms. The van der Waals surface area contributed by atoms with Gasteiger partial charge in [-0.3, -0.25) is 14.6 Å². The minimum absolute atomic E-state index is 0.0663. The summed E-state index contributed by atoms with van der Waals surface area (Å²) in [7, 11) is 0. The lowest BCUT2D eigenvalue weighted by Gasteiger charge is -2.34. The first-order valence-electron chi connectivity index (χ1n) is 11.6. The molecule has 0 spiro atoms. The number of carbonyl (C=O) groups is 1. The second-order valence-corrected chi connectivity index (χ2v) is 8.97. The van der Waals surface area contributed by atoms with Gasteiger partial charge in [-0.25, -0.2) is 0 Å². The van der Waals surface area contributed by atoms with Crippen molar-refractivity contribution in [1.82, 2.24) is 9.80 Å². The lowest BCUT2D eigenvalue weighted by molar-refractivity contribution is 0.102. The smallest absolute Gasteiger partial charge is 0.255 e. The largest absolute Gasteiger partial charge is 0.322 e. The zero-order valence-electron chi connectivity index (χ0n) is 19.1. The predicted molar refractivity (Wildman–Crippen MR) is 132 cm³/mol. The van der Waals surface area contributed by atoms with Crippen molar-refractivity contribution >= 4 is 11.6 Å². The van der Waals surface area contributed by atoms with E-state index in [1.807, 2.05) is 24.3 Å². The third kappa shape index (κ3) is 6.06. The van der Waals surface area contributed by atoms with Crippen LogP contribution in [0.2, 0.25) is 0 Å². The Morgan fingerprint density at radius 1 is 0.750 bits per heavy atom. The van der Waals surface area contributed by atoms with E-state index in [-0.39, 0.29) is 5.91 Å². The summed E-state index contributed by atoms with van der Waals surface area (Å²) in [5.74, 6) is 0.419. The first-order chi connectivity index (χ1) is 15.6. The van der Waals surface area contributed by atoms with Crippen molar-refractivity contribution in [2.75, 3.05) is 31.5 Å². The summed E-state index contributed by atoms with van der Waals surface area (Å²) in [5.41, 5.74) is 5.42. The van der Waals surface area contributed by atoms with Gasteiger partial charge >= 0.3 is 0 Å². The molecule has 32 heavy (non-hydrogen) atoms. The van der Waals surface area contributed by atoms with Gasteiger partial charge < -0.3 is 5.32 Å². The number of hydrogen-bond acceptors (Lipinski definition) is 3. The van der Waals surface area contributed by atoms with E-state index in [2.05, 4.69) is 83.6 Å². The number of nitrogens with zero attached hydrogens (tertiary/aromatic N) is 2. The highest BCUT2D eigenvalue weighted by atomic mass is 16.1. The number of carbonyl (C=O) groups excluding carboxylic acids is 1. The van der Waals surface area contributed by atoms with E-state index >= 15 is 0 Å². The van der Waals surface area contributed by atoms with Crippen LogP contribution in [0, 0.1) is 0 Å². The summed E-state index contributed by atoms with van der Waals surface area (Å²) >= 11 is 0. The van der Waals surface area contributed by atoms with Crippen molar-refractivity contribution in [3.05, 3.63) is 101 Å². The van der Waals surface area contributed by atoms with E-state index in [1.165, 1.54) is 16.7 Å². The fraction of sp³-hybridized carbons (Fsp3) is 0.321. The molecule has 4 rings (SSSR count). The van der Waals surface area contributed by atoms with Crippen LogP contribution in [0.5, 0.6) is 0 Å². The molecule has 1 aliphatic rings. The molecule has 0 bridgehead atoms. The van der Waals surface area contributed by atoms with E-state index < -0.39 is 0 Å². The van der Waals surface area contributed by atoms with Crippen LogP contribution in [-0.4, -0.2) is 41.9 Å². The molecule has 0 aromatic heterocycles. The second kappa shape index (κ2) is 10.6. The molecule has 1 saturated heterocycles. The molecular formula is C28H33N3O. The van der Waals surface area contributed by atoms with Gasteiger partial charge in [-0.1, -0.05) is 68.4 Å². The highest BCUT2D eigenvalue weighted by molar-refractivity contribution is 6.04. The van der Waals surface area contributed by atoms with Crippen molar-refractivity contribution in [3.63, 3.8) is 0 Å². The van der Waals surface area contributed by atoms with E-state index in [0.29, 0.717) is 11.5 Å². The van der Waals surface area contributed by atoms with Gasteiger partial charge in [-0.15, -0.1) is 0 Å². The number of rotatable bonds is 7. The molecule has 0 radical (unpaired) electrons. The van der Waals surface area contributed by atoms with Crippen molar-refractivity contribution in [2.45, 2.75) is 32.9 Å². The van der Waals surface area contributed by atoms with Gasteiger partial charge in [0.05, 0.1) is 0 Å². The summed E-state index contributed by atoms with van der Waals surface area (Å²) < 4.78 is 0. The SMILES string of the molecule is CC(C)c1ccc(NC(=O)c2ccc(CN3CCN(Cc4ccccc4)CC3)cc2)cc1. The normalized spacial score (nSPS) is 15.1. The summed E-state index contributed by atoms with van der Waals surface area (Å²) in [6.07, 6.45) is 0.